The smallest absolute Gasteiger partial charge is 0.160 e. The Bertz CT molecular complexity index is 409. The largest absolute Gasteiger partial charge is 0.493 e. The lowest BCUT2D eigenvalue weighted by atomic mass is 9.99. The minimum Gasteiger partial charge on any atom is -0.493 e. The molecule has 0 fully saturated rings. The van der Waals surface area contributed by atoms with E-state index in [2.05, 4.69) is 13.8 Å². The van der Waals surface area contributed by atoms with Crippen molar-refractivity contribution in [3.05, 3.63) is 29.6 Å². The number of halogens is 1. The maximum atomic E-state index is 13.4. The highest BCUT2D eigenvalue weighted by Gasteiger charge is 2.10. The molecule has 0 bridgehead atoms. The van der Waals surface area contributed by atoms with Crippen LogP contribution in [-0.4, -0.2) is 12.4 Å². The van der Waals surface area contributed by atoms with Crippen molar-refractivity contribution in [3.8, 4) is 5.75 Å². The van der Waals surface area contributed by atoms with Crippen LogP contribution < -0.4 is 4.74 Å². The Morgan fingerprint density at radius 2 is 1.84 bits per heavy atom. The van der Waals surface area contributed by atoms with Gasteiger partial charge in [-0.3, -0.25) is 4.79 Å². The summed E-state index contributed by atoms with van der Waals surface area (Å²) in [6.07, 6.45) is 4.47. The van der Waals surface area contributed by atoms with E-state index < -0.39 is 5.82 Å². The third-order valence-corrected chi connectivity index (χ3v) is 3.16. The Morgan fingerprint density at radius 3 is 2.37 bits per heavy atom. The van der Waals surface area contributed by atoms with E-state index in [0.29, 0.717) is 23.8 Å². The van der Waals surface area contributed by atoms with Crippen molar-refractivity contribution in [3.63, 3.8) is 0 Å². The van der Waals surface area contributed by atoms with Crippen molar-refractivity contribution in [1.82, 2.24) is 0 Å². The molecule has 0 heterocycles. The summed E-state index contributed by atoms with van der Waals surface area (Å²) in [6, 6.07) is 4.19. The van der Waals surface area contributed by atoms with Crippen molar-refractivity contribution >= 4 is 5.78 Å². The van der Waals surface area contributed by atoms with Crippen LogP contribution in [-0.2, 0) is 0 Å². The summed E-state index contributed by atoms with van der Waals surface area (Å²) in [6.45, 7) is 6.31. The summed E-state index contributed by atoms with van der Waals surface area (Å²) >= 11 is 0. The Kier molecular flexibility index (Phi) is 6.54. The van der Waals surface area contributed by atoms with Gasteiger partial charge < -0.3 is 4.74 Å². The van der Waals surface area contributed by atoms with Crippen molar-refractivity contribution < 1.29 is 13.9 Å². The zero-order valence-corrected chi connectivity index (χ0v) is 12.0. The van der Waals surface area contributed by atoms with E-state index in [9.17, 15) is 9.18 Å². The van der Waals surface area contributed by atoms with Crippen molar-refractivity contribution in [2.24, 2.45) is 5.92 Å². The van der Waals surface area contributed by atoms with Gasteiger partial charge in [0.25, 0.3) is 0 Å². The average molecular weight is 266 g/mol. The van der Waals surface area contributed by atoms with Gasteiger partial charge in [0.05, 0.1) is 6.61 Å². The van der Waals surface area contributed by atoms with Gasteiger partial charge in [-0.1, -0.05) is 26.7 Å². The first-order valence-corrected chi connectivity index (χ1v) is 7.01. The van der Waals surface area contributed by atoms with Crippen LogP contribution in [0.3, 0.4) is 0 Å². The molecule has 19 heavy (non-hydrogen) atoms. The highest BCUT2D eigenvalue weighted by atomic mass is 19.1. The summed E-state index contributed by atoms with van der Waals surface area (Å²) < 4.78 is 19.0. The maximum Gasteiger partial charge on any atom is 0.160 e. The van der Waals surface area contributed by atoms with E-state index in [4.69, 9.17) is 4.74 Å². The lowest BCUT2D eigenvalue weighted by Gasteiger charge is -2.16. The normalized spacial score (nSPS) is 10.8. The van der Waals surface area contributed by atoms with Gasteiger partial charge in [0.1, 0.15) is 11.6 Å². The highest BCUT2D eigenvalue weighted by molar-refractivity contribution is 5.94. The van der Waals surface area contributed by atoms with E-state index in [1.807, 2.05) is 0 Å². The van der Waals surface area contributed by atoms with Gasteiger partial charge in [-0.05, 0) is 37.8 Å². The second kappa shape index (κ2) is 7.93. The SMILES string of the molecule is CCCC(CCC)COc1cc(F)cc(C(C)=O)c1. The quantitative estimate of drug-likeness (QED) is 0.641. The van der Waals surface area contributed by atoms with Gasteiger partial charge in [-0.15, -0.1) is 0 Å². The van der Waals surface area contributed by atoms with Crippen molar-refractivity contribution in [2.45, 2.75) is 46.5 Å². The molecule has 0 radical (unpaired) electrons. The lowest BCUT2D eigenvalue weighted by molar-refractivity contribution is 0.101. The fourth-order valence-corrected chi connectivity index (χ4v) is 2.19. The number of carbonyl (C=O) groups excluding carboxylic acids is 1. The van der Waals surface area contributed by atoms with E-state index in [1.165, 1.54) is 19.1 Å². The van der Waals surface area contributed by atoms with E-state index in [0.717, 1.165) is 25.7 Å². The fourth-order valence-electron chi connectivity index (χ4n) is 2.19. The number of benzene rings is 1. The number of carbonyl (C=O) groups is 1. The van der Waals surface area contributed by atoms with E-state index in [-0.39, 0.29) is 5.78 Å². The van der Waals surface area contributed by atoms with Gasteiger partial charge in [-0.2, -0.15) is 0 Å². The molecule has 106 valence electrons. The molecule has 1 aromatic rings. The Labute approximate surface area is 115 Å². The van der Waals surface area contributed by atoms with Gasteiger partial charge in [0.15, 0.2) is 5.78 Å². The zero-order chi connectivity index (χ0) is 14.3. The topological polar surface area (TPSA) is 26.3 Å². The lowest BCUT2D eigenvalue weighted by Crippen LogP contribution is -2.12. The number of ketones is 1. The standard InChI is InChI=1S/C16H23FO2/c1-4-6-13(7-5-2)11-19-16-9-14(12(3)18)8-15(17)10-16/h8-10,13H,4-7,11H2,1-3H3. The molecule has 0 spiro atoms. The number of rotatable bonds is 8. The van der Waals surface area contributed by atoms with Crippen LogP contribution >= 0.6 is 0 Å². The Balaban J connectivity index is 2.67. The second-order valence-electron chi connectivity index (χ2n) is 4.99. The molecular weight excluding hydrogens is 243 g/mol. The van der Waals surface area contributed by atoms with Crippen molar-refractivity contribution in [1.29, 1.82) is 0 Å². The predicted octanol–water partition coefficient (Wildman–Crippen LogP) is 4.62. The fraction of sp³-hybridized carbons (Fsp3) is 0.562. The number of hydrogen-bond donors (Lipinski definition) is 0. The van der Waals surface area contributed by atoms with Crippen LogP contribution in [0.15, 0.2) is 18.2 Å². The van der Waals surface area contributed by atoms with Gasteiger partial charge in [0.2, 0.25) is 0 Å². The molecule has 0 aliphatic rings. The first-order chi connectivity index (χ1) is 9.06. The molecule has 0 aliphatic carbocycles. The van der Waals surface area contributed by atoms with Crippen LogP contribution in [0, 0.1) is 11.7 Å². The molecule has 2 nitrogen and oxygen atoms in total. The molecule has 0 aromatic heterocycles. The third kappa shape index (κ3) is 5.41. The molecule has 0 amide bonds. The molecule has 0 unspecified atom stereocenters. The molecule has 0 atom stereocenters. The van der Waals surface area contributed by atoms with Crippen LogP contribution in [0.5, 0.6) is 5.75 Å². The highest BCUT2D eigenvalue weighted by Crippen LogP contribution is 2.20. The maximum absolute atomic E-state index is 13.4. The zero-order valence-electron chi connectivity index (χ0n) is 12.0. The van der Waals surface area contributed by atoms with Crippen LogP contribution in [0.1, 0.15) is 56.8 Å². The third-order valence-electron chi connectivity index (χ3n) is 3.16. The number of ether oxygens (including phenoxy) is 1. The summed E-state index contributed by atoms with van der Waals surface area (Å²) in [5.74, 6) is 0.370. The van der Waals surface area contributed by atoms with Crippen LogP contribution in [0.2, 0.25) is 0 Å². The second-order valence-corrected chi connectivity index (χ2v) is 4.99. The minimum atomic E-state index is -0.426. The van der Waals surface area contributed by atoms with Gasteiger partial charge in [0, 0.05) is 11.6 Å². The minimum absolute atomic E-state index is 0.150. The molecule has 0 saturated heterocycles. The molecule has 0 aliphatic heterocycles. The molecule has 0 saturated carbocycles. The molecular formula is C16H23FO2. The summed E-state index contributed by atoms with van der Waals surface area (Å²) in [4.78, 5) is 11.3. The molecule has 0 N–H and O–H groups in total. The first kappa shape index (κ1) is 15.7. The molecule has 3 heteroatoms. The average Bonchev–Trinajstić information content (AvgIpc) is 2.36. The number of Topliss-reactive ketones (excluding diaryl/α,β-unsaturated/α-hetero) is 1. The molecule has 1 aromatic carbocycles. The summed E-state index contributed by atoms with van der Waals surface area (Å²) in [7, 11) is 0. The van der Waals surface area contributed by atoms with Gasteiger partial charge >= 0.3 is 0 Å². The van der Waals surface area contributed by atoms with Crippen LogP contribution in [0.4, 0.5) is 4.39 Å². The number of hydrogen-bond acceptors (Lipinski definition) is 2. The Hall–Kier alpha value is -1.38. The first-order valence-electron chi connectivity index (χ1n) is 7.01. The van der Waals surface area contributed by atoms with Gasteiger partial charge in [-0.25, -0.2) is 4.39 Å². The monoisotopic (exact) mass is 266 g/mol. The summed E-state index contributed by atoms with van der Waals surface area (Å²) in [5.41, 5.74) is 0.359. The van der Waals surface area contributed by atoms with E-state index >= 15 is 0 Å². The van der Waals surface area contributed by atoms with Crippen LogP contribution in [0.25, 0.3) is 0 Å². The van der Waals surface area contributed by atoms with E-state index in [1.54, 1.807) is 6.07 Å². The van der Waals surface area contributed by atoms with Crippen molar-refractivity contribution in [2.75, 3.05) is 6.61 Å². The predicted molar refractivity (Wildman–Crippen MR) is 75.2 cm³/mol. The summed E-state index contributed by atoms with van der Waals surface area (Å²) in [5, 5.41) is 0. The molecule has 1 rings (SSSR count). The Morgan fingerprint density at radius 1 is 1.21 bits per heavy atom.